The van der Waals surface area contributed by atoms with E-state index in [0.717, 1.165) is 42.7 Å². The number of piperidine rings is 1. The van der Waals surface area contributed by atoms with Crippen molar-refractivity contribution in [1.82, 2.24) is 25.1 Å². The molecule has 3 heterocycles. The van der Waals surface area contributed by atoms with Crippen LogP contribution < -0.4 is 15.4 Å². The van der Waals surface area contributed by atoms with Crippen LogP contribution in [0.25, 0.3) is 5.69 Å². The lowest BCUT2D eigenvalue weighted by atomic mass is 9.98. The maximum Gasteiger partial charge on any atom is 0.320 e. The highest BCUT2D eigenvalue weighted by Gasteiger charge is 2.36. The Balaban J connectivity index is 1.33. The number of carbonyl (C=O) groups is 1. The third kappa shape index (κ3) is 6.41. The molecular weight excluding hydrogens is 499 g/mol. The van der Waals surface area contributed by atoms with Crippen LogP contribution in [0.4, 0.5) is 15.0 Å². The number of nitrogens with one attached hydrogen (secondary N) is 2. The van der Waals surface area contributed by atoms with Gasteiger partial charge in [-0.3, -0.25) is 10.2 Å². The molecule has 0 radical (unpaired) electrons. The fraction of sp³-hybridized carbons (Fsp3) is 0.448. The summed E-state index contributed by atoms with van der Waals surface area (Å²) in [4.78, 5) is 21.7. The molecule has 10 heteroatoms. The zero-order chi connectivity index (χ0) is 27.4. The number of anilines is 1. The van der Waals surface area contributed by atoms with Crippen molar-refractivity contribution in [3.63, 3.8) is 0 Å². The molecule has 2 N–H and O–H groups in total. The summed E-state index contributed by atoms with van der Waals surface area (Å²) in [6.07, 6.45) is 1.76. The summed E-state index contributed by atoms with van der Waals surface area (Å²) in [7, 11) is 2.14. The molecule has 2 amide bonds. The minimum absolute atomic E-state index is 0.315. The van der Waals surface area contributed by atoms with E-state index in [-0.39, 0.29) is 17.9 Å². The van der Waals surface area contributed by atoms with E-state index >= 15 is 0 Å². The normalized spacial score (nSPS) is 20.7. The summed E-state index contributed by atoms with van der Waals surface area (Å²) in [5, 5.41) is 12.6. The molecule has 9 nitrogen and oxygen atoms in total. The Labute approximate surface area is 228 Å². The van der Waals surface area contributed by atoms with Crippen LogP contribution in [0.3, 0.4) is 0 Å². The number of likely N-dealkylation sites (N-methyl/N-ethyl adjacent to an activating group) is 1. The van der Waals surface area contributed by atoms with E-state index in [1.807, 2.05) is 44.2 Å². The van der Waals surface area contributed by atoms with Crippen molar-refractivity contribution >= 4 is 11.8 Å². The van der Waals surface area contributed by atoms with E-state index in [0.29, 0.717) is 37.3 Å². The molecule has 208 valence electrons. The summed E-state index contributed by atoms with van der Waals surface area (Å²) in [5.41, 5.74) is 2.37. The molecule has 2 saturated heterocycles. The number of carbonyl (C=O) groups excluding carboxylic acids is 1. The fourth-order valence-electron chi connectivity index (χ4n) is 5.12. The Kier molecular flexibility index (Phi) is 8.44. The van der Waals surface area contributed by atoms with Crippen LogP contribution >= 0.6 is 0 Å². The van der Waals surface area contributed by atoms with Crippen molar-refractivity contribution in [2.24, 2.45) is 5.92 Å². The van der Waals surface area contributed by atoms with Gasteiger partial charge in [0.2, 0.25) is 5.88 Å². The van der Waals surface area contributed by atoms with E-state index in [1.54, 1.807) is 21.9 Å². The number of halogens is 1. The topological polar surface area (TPSA) is 83.9 Å². The van der Waals surface area contributed by atoms with Crippen LogP contribution in [0, 0.1) is 18.7 Å². The van der Waals surface area contributed by atoms with E-state index < -0.39 is 6.10 Å². The van der Waals surface area contributed by atoms with Gasteiger partial charge in [-0.2, -0.15) is 5.06 Å². The molecule has 2 atom stereocenters. The highest BCUT2D eigenvalue weighted by atomic mass is 19.1. The van der Waals surface area contributed by atoms with Crippen molar-refractivity contribution in [2.45, 2.75) is 38.8 Å². The highest BCUT2D eigenvalue weighted by molar-refractivity contribution is 5.90. The number of hydroxylamine groups is 2. The zero-order valence-electron chi connectivity index (χ0n) is 22.8. The number of benzene rings is 2. The molecule has 2 fully saturated rings. The number of amides is 2. The molecule has 0 saturated carbocycles. The van der Waals surface area contributed by atoms with Gasteiger partial charge >= 0.3 is 6.03 Å². The zero-order valence-corrected chi connectivity index (χ0v) is 22.8. The molecule has 5 rings (SSSR count). The quantitative estimate of drug-likeness (QED) is 0.440. The molecule has 3 aromatic rings. The summed E-state index contributed by atoms with van der Waals surface area (Å²) in [6, 6.07) is 15.1. The third-order valence-electron chi connectivity index (χ3n) is 7.50. The molecule has 0 spiro atoms. The molecule has 1 aromatic heterocycles. The Hall–Kier alpha value is -3.47. The number of nitrogens with zero attached hydrogens (tertiary/aromatic N) is 4. The monoisotopic (exact) mass is 536 g/mol. The van der Waals surface area contributed by atoms with Gasteiger partial charge in [-0.1, -0.05) is 37.3 Å². The number of urea groups is 1. The molecule has 0 aliphatic carbocycles. The van der Waals surface area contributed by atoms with E-state index in [2.05, 4.69) is 22.6 Å². The van der Waals surface area contributed by atoms with Crippen molar-refractivity contribution in [2.75, 3.05) is 45.2 Å². The Morgan fingerprint density at radius 1 is 1.13 bits per heavy atom. The predicted molar refractivity (Wildman–Crippen MR) is 147 cm³/mol. The fourth-order valence-corrected chi connectivity index (χ4v) is 5.12. The second-order valence-electron chi connectivity index (χ2n) is 10.3. The first kappa shape index (κ1) is 27.1. The molecule has 0 unspecified atom stereocenters. The number of rotatable bonds is 8. The number of hydrogen-bond donors (Lipinski definition) is 2. The van der Waals surface area contributed by atoms with Gasteiger partial charge in [-0.25, -0.2) is 13.9 Å². The standard InChI is InChI=1S/C29H37FN6O3/c1-4-35-18-25(26(39-35)22-10-12-23(30)13-11-22)31-29(37)32-27-20(2)28(33-36(27)24-8-6-5-7-9-24)38-19-21-14-16-34(3)17-15-21/h5-13,21,25-26H,4,14-19H2,1-3H3,(H2,31,32,37)/t25-,26+/m1/s1. The van der Waals surface area contributed by atoms with Crippen LogP contribution in [0.15, 0.2) is 54.6 Å². The first-order valence-corrected chi connectivity index (χ1v) is 13.6. The van der Waals surface area contributed by atoms with Crippen LogP contribution in [0.2, 0.25) is 0 Å². The number of ether oxygens (including phenoxy) is 1. The lowest BCUT2D eigenvalue weighted by Gasteiger charge is -2.28. The van der Waals surface area contributed by atoms with Crippen LogP contribution in [0.5, 0.6) is 5.88 Å². The van der Waals surface area contributed by atoms with Gasteiger partial charge in [0.05, 0.1) is 23.9 Å². The first-order valence-electron chi connectivity index (χ1n) is 13.6. The SMILES string of the molecule is CCN1C[C@@H](NC(=O)Nc2c(C)c(OCC3CCN(C)CC3)nn2-c2ccccc2)[C@H](c2ccc(F)cc2)O1. The number of para-hydroxylation sites is 1. The van der Waals surface area contributed by atoms with E-state index in [4.69, 9.17) is 14.7 Å². The summed E-state index contributed by atoms with van der Waals surface area (Å²) in [6.45, 7) is 7.79. The average Bonchev–Trinajstić information content (AvgIpc) is 3.49. The van der Waals surface area contributed by atoms with E-state index in [9.17, 15) is 9.18 Å². The van der Waals surface area contributed by atoms with Crippen LogP contribution in [-0.4, -0.2) is 71.7 Å². The minimum atomic E-state index is -0.426. The maximum atomic E-state index is 13.5. The molecule has 39 heavy (non-hydrogen) atoms. The first-order chi connectivity index (χ1) is 18.9. The predicted octanol–water partition coefficient (Wildman–Crippen LogP) is 4.54. The minimum Gasteiger partial charge on any atom is -0.476 e. The van der Waals surface area contributed by atoms with Crippen molar-refractivity contribution in [3.05, 3.63) is 71.5 Å². The smallest absolute Gasteiger partial charge is 0.320 e. The Bertz CT molecular complexity index is 1240. The molecule has 2 aromatic carbocycles. The van der Waals surface area contributed by atoms with Gasteiger partial charge in [0.25, 0.3) is 0 Å². The van der Waals surface area contributed by atoms with Gasteiger partial charge in [-0.05, 0) is 75.6 Å². The summed E-state index contributed by atoms with van der Waals surface area (Å²) < 4.78 is 21.4. The van der Waals surface area contributed by atoms with Crippen molar-refractivity contribution in [3.8, 4) is 11.6 Å². The Morgan fingerprint density at radius 2 is 1.85 bits per heavy atom. The second kappa shape index (κ2) is 12.1. The molecular formula is C29H37FN6O3. The van der Waals surface area contributed by atoms with Crippen LogP contribution in [0.1, 0.15) is 37.0 Å². The average molecular weight is 537 g/mol. The Morgan fingerprint density at radius 3 is 2.54 bits per heavy atom. The summed E-state index contributed by atoms with van der Waals surface area (Å²) in [5.74, 6) is 1.22. The van der Waals surface area contributed by atoms with E-state index in [1.165, 1.54) is 12.1 Å². The van der Waals surface area contributed by atoms with Crippen LogP contribution in [-0.2, 0) is 4.84 Å². The number of likely N-dealkylation sites (tertiary alicyclic amines) is 1. The van der Waals surface area contributed by atoms with Gasteiger partial charge in [0.1, 0.15) is 17.7 Å². The maximum absolute atomic E-state index is 13.5. The largest absolute Gasteiger partial charge is 0.476 e. The molecule has 2 aliphatic heterocycles. The number of hydrogen-bond acceptors (Lipinski definition) is 6. The third-order valence-corrected chi connectivity index (χ3v) is 7.50. The molecule has 2 aliphatic rings. The second-order valence-corrected chi connectivity index (χ2v) is 10.3. The van der Waals surface area contributed by atoms with Gasteiger partial charge < -0.3 is 15.0 Å². The van der Waals surface area contributed by atoms with Gasteiger partial charge in [-0.15, -0.1) is 5.10 Å². The lowest BCUT2D eigenvalue weighted by molar-refractivity contribution is -0.144. The molecule has 0 bridgehead atoms. The number of aromatic nitrogens is 2. The van der Waals surface area contributed by atoms with Crippen molar-refractivity contribution in [1.29, 1.82) is 0 Å². The lowest BCUT2D eigenvalue weighted by Crippen LogP contribution is -2.42. The van der Waals surface area contributed by atoms with Gasteiger partial charge in [0.15, 0.2) is 0 Å². The van der Waals surface area contributed by atoms with Crippen molar-refractivity contribution < 1.29 is 18.8 Å². The van der Waals surface area contributed by atoms with Gasteiger partial charge in [0, 0.05) is 13.1 Å². The highest BCUT2D eigenvalue weighted by Crippen LogP contribution is 2.31. The summed E-state index contributed by atoms with van der Waals surface area (Å²) >= 11 is 0.